The minimum Gasteiger partial charge on any atom is -0.394 e. The highest BCUT2D eigenvalue weighted by Gasteiger charge is 2.10. The van der Waals surface area contributed by atoms with Gasteiger partial charge in [0, 0.05) is 6.54 Å². The van der Waals surface area contributed by atoms with Crippen molar-refractivity contribution < 1.29 is 10.2 Å². The van der Waals surface area contributed by atoms with Crippen molar-refractivity contribution in [2.75, 3.05) is 19.7 Å². The molecule has 0 radical (unpaired) electrons. The first kappa shape index (κ1) is 12.6. The lowest BCUT2D eigenvalue weighted by Gasteiger charge is -2.09. The molecule has 0 aromatic heterocycles. The topological polar surface area (TPSA) is 52.5 Å². The number of aliphatic hydroxyl groups excluding tert-OH is 2. The number of hydrogen-bond donors (Lipinski definition) is 3. The van der Waals surface area contributed by atoms with Gasteiger partial charge in [-0.1, -0.05) is 18.2 Å². The van der Waals surface area contributed by atoms with E-state index in [9.17, 15) is 0 Å². The SMILES string of the molecule is OCC(O)CNCCc1ccc2c(c1)CCC2. The Morgan fingerprint density at radius 1 is 1.24 bits per heavy atom. The minimum absolute atomic E-state index is 0.175. The third-order valence-electron chi connectivity index (χ3n) is 3.34. The largest absolute Gasteiger partial charge is 0.394 e. The fourth-order valence-electron chi connectivity index (χ4n) is 2.35. The van der Waals surface area contributed by atoms with E-state index in [1.165, 1.54) is 36.0 Å². The molecule has 1 aromatic carbocycles. The highest BCUT2D eigenvalue weighted by atomic mass is 16.3. The summed E-state index contributed by atoms with van der Waals surface area (Å²) < 4.78 is 0. The zero-order valence-electron chi connectivity index (χ0n) is 10.2. The van der Waals surface area contributed by atoms with Crippen molar-refractivity contribution in [2.24, 2.45) is 0 Å². The van der Waals surface area contributed by atoms with Crippen LogP contribution in [0.2, 0.25) is 0 Å². The van der Waals surface area contributed by atoms with Gasteiger partial charge in [0.15, 0.2) is 0 Å². The van der Waals surface area contributed by atoms with E-state index in [2.05, 4.69) is 23.5 Å². The van der Waals surface area contributed by atoms with Crippen LogP contribution in [-0.4, -0.2) is 36.0 Å². The second kappa shape index (κ2) is 6.15. The standard InChI is InChI=1S/C14H21NO2/c16-10-14(17)9-15-7-6-11-4-5-12-2-1-3-13(12)8-11/h4-5,8,14-17H,1-3,6-7,9-10H2. The molecule has 3 N–H and O–H groups in total. The number of aliphatic hydroxyl groups is 2. The lowest BCUT2D eigenvalue weighted by Crippen LogP contribution is -2.30. The van der Waals surface area contributed by atoms with Gasteiger partial charge < -0.3 is 15.5 Å². The van der Waals surface area contributed by atoms with Crippen LogP contribution < -0.4 is 5.32 Å². The Balaban J connectivity index is 1.76. The Bertz CT molecular complexity index is 365. The number of rotatable bonds is 6. The molecule has 1 unspecified atom stereocenters. The molecule has 0 heterocycles. The first-order valence-corrected chi connectivity index (χ1v) is 6.40. The Morgan fingerprint density at radius 3 is 2.88 bits per heavy atom. The van der Waals surface area contributed by atoms with E-state index in [-0.39, 0.29) is 6.61 Å². The first-order valence-electron chi connectivity index (χ1n) is 6.40. The molecule has 94 valence electrons. The van der Waals surface area contributed by atoms with E-state index in [1.807, 2.05) is 0 Å². The molecule has 1 atom stereocenters. The fraction of sp³-hybridized carbons (Fsp3) is 0.571. The van der Waals surface area contributed by atoms with E-state index in [1.54, 1.807) is 0 Å². The molecule has 17 heavy (non-hydrogen) atoms. The first-order chi connectivity index (χ1) is 8.29. The zero-order valence-corrected chi connectivity index (χ0v) is 10.2. The van der Waals surface area contributed by atoms with Crippen molar-refractivity contribution in [3.63, 3.8) is 0 Å². The molecule has 0 fully saturated rings. The Labute approximate surface area is 102 Å². The molecule has 0 saturated carbocycles. The normalized spacial score (nSPS) is 15.9. The van der Waals surface area contributed by atoms with Gasteiger partial charge in [0.2, 0.25) is 0 Å². The van der Waals surface area contributed by atoms with Crippen molar-refractivity contribution >= 4 is 0 Å². The van der Waals surface area contributed by atoms with E-state index in [4.69, 9.17) is 10.2 Å². The summed E-state index contributed by atoms with van der Waals surface area (Å²) >= 11 is 0. The third kappa shape index (κ3) is 3.53. The maximum Gasteiger partial charge on any atom is 0.0894 e. The van der Waals surface area contributed by atoms with Crippen LogP contribution in [0.3, 0.4) is 0 Å². The highest BCUT2D eigenvalue weighted by molar-refractivity contribution is 5.35. The molecule has 0 aliphatic heterocycles. The molecule has 3 nitrogen and oxygen atoms in total. The summed E-state index contributed by atoms with van der Waals surface area (Å²) in [7, 11) is 0. The summed E-state index contributed by atoms with van der Waals surface area (Å²) in [6.45, 7) is 1.13. The summed E-state index contributed by atoms with van der Waals surface area (Å²) in [5.74, 6) is 0. The van der Waals surface area contributed by atoms with Crippen molar-refractivity contribution in [1.82, 2.24) is 5.32 Å². The van der Waals surface area contributed by atoms with E-state index in [0.29, 0.717) is 6.54 Å². The molecule has 0 bridgehead atoms. The second-order valence-corrected chi connectivity index (χ2v) is 4.75. The molecule has 0 amide bonds. The molecule has 2 rings (SSSR count). The van der Waals surface area contributed by atoms with Crippen molar-refractivity contribution in [3.05, 3.63) is 34.9 Å². The van der Waals surface area contributed by atoms with E-state index in [0.717, 1.165) is 13.0 Å². The van der Waals surface area contributed by atoms with Gasteiger partial charge in [0.05, 0.1) is 12.7 Å². The van der Waals surface area contributed by atoms with Crippen LogP contribution in [0.1, 0.15) is 23.1 Å². The monoisotopic (exact) mass is 235 g/mol. The zero-order chi connectivity index (χ0) is 12.1. The lowest BCUT2D eigenvalue weighted by atomic mass is 10.0. The lowest BCUT2D eigenvalue weighted by molar-refractivity contribution is 0.0947. The Kier molecular flexibility index (Phi) is 4.54. The van der Waals surface area contributed by atoms with Gasteiger partial charge in [0.1, 0.15) is 0 Å². The summed E-state index contributed by atoms with van der Waals surface area (Å²) in [4.78, 5) is 0. The number of hydrogen-bond acceptors (Lipinski definition) is 3. The van der Waals surface area contributed by atoms with Crippen LogP contribution >= 0.6 is 0 Å². The maximum absolute atomic E-state index is 9.17. The molecule has 3 heteroatoms. The molecule has 1 aliphatic rings. The van der Waals surface area contributed by atoms with Crippen LogP contribution in [0.15, 0.2) is 18.2 Å². The van der Waals surface area contributed by atoms with Crippen LogP contribution in [0.25, 0.3) is 0 Å². The summed E-state index contributed by atoms with van der Waals surface area (Å²) in [6.07, 6.45) is 4.08. The Hall–Kier alpha value is -0.900. The predicted molar refractivity (Wildman–Crippen MR) is 68.1 cm³/mol. The summed E-state index contributed by atoms with van der Waals surface area (Å²) in [6, 6.07) is 6.76. The van der Waals surface area contributed by atoms with Gasteiger partial charge >= 0.3 is 0 Å². The van der Waals surface area contributed by atoms with Gasteiger partial charge in [-0.15, -0.1) is 0 Å². The second-order valence-electron chi connectivity index (χ2n) is 4.75. The fourth-order valence-corrected chi connectivity index (χ4v) is 2.35. The smallest absolute Gasteiger partial charge is 0.0894 e. The van der Waals surface area contributed by atoms with Gasteiger partial charge in [-0.25, -0.2) is 0 Å². The van der Waals surface area contributed by atoms with Crippen LogP contribution in [0, 0.1) is 0 Å². The quantitative estimate of drug-likeness (QED) is 0.635. The summed E-state index contributed by atoms with van der Waals surface area (Å²) in [5, 5.41) is 21.0. The van der Waals surface area contributed by atoms with Crippen molar-refractivity contribution in [2.45, 2.75) is 31.8 Å². The number of fused-ring (bicyclic) bond motifs is 1. The van der Waals surface area contributed by atoms with Crippen molar-refractivity contribution in [1.29, 1.82) is 0 Å². The molecular weight excluding hydrogens is 214 g/mol. The average Bonchev–Trinajstić information content (AvgIpc) is 2.81. The maximum atomic E-state index is 9.17. The van der Waals surface area contributed by atoms with Crippen LogP contribution in [0.5, 0.6) is 0 Å². The van der Waals surface area contributed by atoms with Crippen LogP contribution in [0.4, 0.5) is 0 Å². The predicted octanol–water partition coefficient (Wildman–Crippen LogP) is 0.661. The molecular formula is C14H21NO2. The molecule has 1 aromatic rings. The van der Waals surface area contributed by atoms with E-state index < -0.39 is 6.10 Å². The number of aryl methyl sites for hydroxylation is 2. The van der Waals surface area contributed by atoms with E-state index >= 15 is 0 Å². The molecule has 0 spiro atoms. The highest BCUT2D eigenvalue weighted by Crippen LogP contribution is 2.22. The van der Waals surface area contributed by atoms with Crippen LogP contribution in [-0.2, 0) is 19.3 Å². The summed E-state index contributed by atoms with van der Waals surface area (Å²) in [5.41, 5.74) is 4.38. The number of benzene rings is 1. The number of nitrogens with one attached hydrogen (secondary N) is 1. The third-order valence-corrected chi connectivity index (χ3v) is 3.34. The average molecular weight is 235 g/mol. The minimum atomic E-state index is -0.643. The van der Waals surface area contributed by atoms with Gasteiger partial charge in [-0.05, 0) is 48.9 Å². The van der Waals surface area contributed by atoms with Gasteiger partial charge in [-0.3, -0.25) is 0 Å². The van der Waals surface area contributed by atoms with Gasteiger partial charge in [-0.2, -0.15) is 0 Å². The molecule has 1 aliphatic carbocycles. The van der Waals surface area contributed by atoms with Gasteiger partial charge in [0.25, 0.3) is 0 Å². The Morgan fingerprint density at radius 2 is 2.06 bits per heavy atom. The van der Waals surface area contributed by atoms with Crippen molar-refractivity contribution in [3.8, 4) is 0 Å². The molecule has 0 saturated heterocycles.